The number of amides is 1. The monoisotopic (exact) mass is 594 g/mol. The van der Waals surface area contributed by atoms with Crippen LogP contribution in [0, 0.1) is 6.92 Å². The van der Waals surface area contributed by atoms with E-state index in [4.69, 9.17) is 37.7 Å². The van der Waals surface area contributed by atoms with Crippen molar-refractivity contribution in [1.29, 1.82) is 0 Å². The third-order valence-electron chi connectivity index (χ3n) is 7.46. The summed E-state index contributed by atoms with van der Waals surface area (Å²) in [5, 5.41) is 12.1. The molecule has 214 valence electrons. The van der Waals surface area contributed by atoms with E-state index in [1.165, 1.54) is 0 Å². The molecule has 1 aliphatic rings. The van der Waals surface area contributed by atoms with E-state index in [0.717, 1.165) is 48.0 Å². The van der Waals surface area contributed by atoms with Crippen LogP contribution in [-0.4, -0.2) is 61.7 Å². The zero-order chi connectivity index (χ0) is 29.1. The molecule has 3 N–H and O–H groups in total. The molecule has 5 rings (SSSR count). The largest absolute Gasteiger partial charge is 0.495 e. The fourth-order valence-electron chi connectivity index (χ4n) is 5.19. The van der Waals surface area contributed by atoms with E-state index in [1.807, 2.05) is 37.3 Å². The van der Waals surface area contributed by atoms with Crippen LogP contribution in [0.25, 0.3) is 22.0 Å². The van der Waals surface area contributed by atoms with Crippen LogP contribution in [0.3, 0.4) is 0 Å². The first-order chi connectivity index (χ1) is 19.8. The summed E-state index contributed by atoms with van der Waals surface area (Å²) in [7, 11) is 5.23. The maximum Gasteiger partial charge on any atom is 0.211 e. The number of halogens is 2. The van der Waals surface area contributed by atoms with Crippen molar-refractivity contribution >= 4 is 63.4 Å². The number of rotatable bonds is 10. The second kappa shape index (κ2) is 12.4. The highest BCUT2D eigenvalue weighted by molar-refractivity contribution is 6.41. The van der Waals surface area contributed by atoms with E-state index >= 15 is 0 Å². The Hall–Kier alpha value is -3.79. The van der Waals surface area contributed by atoms with Gasteiger partial charge in [-0.15, -0.1) is 0 Å². The second-order valence-electron chi connectivity index (χ2n) is 9.97. The Balaban J connectivity index is 1.63. The van der Waals surface area contributed by atoms with Crippen molar-refractivity contribution < 1.29 is 14.3 Å². The number of nitrogens with one attached hydrogen (secondary N) is 3. The molecule has 2 aromatic heterocycles. The number of fused-ring (bicyclic) bond motifs is 1. The van der Waals surface area contributed by atoms with E-state index in [2.05, 4.69) is 32.9 Å². The Morgan fingerprint density at radius 1 is 1.12 bits per heavy atom. The molecule has 0 radical (unpaired) electrons. The number of aryl methyl sites for hydroxylation is 1. The summed E-state index contributed by atoms with van der Waals surface area (Å²) in [4.78, 5) is 23.2. The highest BCUT2D eigenvalue weighted by atomic mass is 35.5. The molecule has 0 bridgehead atoms. The quantitative estimate of drug-likeness (QED) is 0.173. The van der Waals surface area contributed by atoms with Gasteiger partial charge in [-0.2, -0.15) is 0 Å². The molecule has 41 heavy (non-hydrogen) atoms. The van der Waals surface area contributed by atoms with Gasteiger partial charge in [0.1, 0.15) is 23.1 Å². The zero-order valence-electron chi connectivity index (χ0n) is 23.3. The Morgan fingerprint density at radius 2 is 1.88 bits per heavy atom. The van der Waals surface area contributed by atoms with E-state index in [0.29, 0.717) is 62.6 Å². The summed E-state index contributed by atoms with van der Waals surface area (Å²) in [5.74, 6) is 2.15. The van der Waals surface area contributed by atoms with Crippen LogP contribution in [0.2, 0.25) is 10.0 Å². The number of carbonyl (C=O) groups excluding carboxylic acids is 1. The molecule has 9 nitrogen and oxygen atoms in total. The molecule has 3 heterocycles. The maximum atomic E-state index is 11.2. The number of benzene rings is 2. The lowest BCUT2D eigenvalue weighted by Crippen LogP contribution is -2.31. The Kier molecular flexibility index (Phi) is 8.68. The van der Waals surface area contributed by atoms with Crippen molar-refractivity contribution in [2.75, 3.05) is 50.3 Å². The Morgan fingerprint density at radius 3 is 2.54 bits per heavy atom. The molecular formula is C30H32Cl2N6O3. The number of anilines is 4. The van der Waals surface area contributed by atoms with Crippen LogP contribution in [0.4, 0.5) is 23.0 Å². The predicted octanol–water partition coefficient (Wildman–Crippen LogP) is 6.75. The Labute approximate surface area is 249 Å². The molecule has 1 fully saturated rings. The molecule has 1 atom stereocenters. The third kappa shape index (κ3) is 5.84. The number of carbonyl (C=O) groups is 1. The first-order valence-electron chi connectivity index (χ1n) is 13.3. The van der Waals surface area contributed by atoms with Crippen LogP contribution < -0.4 is 25.4 Å². The van der Waals surface area contributed by atoms with Gasteiger partial charge < -0.3 is 30.3 Å². The van der Waals surface area contributed by atoms with Gasteiger partial charge in [-0.1, -0.05) is 35.3 Å². The van der Waals surface area contributed by atoms with Crippen LogP contribution in [0.5, 0.6) is 11.5 Å². The number of ether oxygens (including phenoxy) is 2. The van der Waals surface area contributed by atoms with Gasteiger partial charge in [0, 0.05) is 41.2 Å². The van der Waals surface area contributed by atoms with Crippen molar-refractivity contribution in [3.05, 3.63) is 58.2 Å². The number of nitrogens with zero attached hydrogens (tertiary/aromatic N) is 3. The van der Waals surface area contributed by atoms with Gasteiger partial charge in [-0.3, -0.25) is 4.79 Å². The van der Waals surface area contributed by atoms with E-state index in [-0.39, 0.29) is 0 Å². The molecule has 0 spiro atoms. The second-order valence-corrected chi connectivity index (χ2v) is 10.7. The minimum absolute atomic E-state index is 0.340. The summed E-state index contributed by atoms with van der Waals surface area (Å²) >= 11 is 13.5. The molecule has 11 heteroatoms. The lowest BCUT2D eigenvalue weighted by Gasteiger charge is -2.21. The maximum absolute atomic E-state index is 11.2. The number of pyridine rings is 2. The first kappa shape index (κ1) is 28.7. The van der Waals surface area contributed by atoms with Gasteiger partial charge in [0.15, 0.2) is 0 Å². The van der Waals surface area contributed by atoms with Gasteiger partial charge >= 0.3 is 0 Å². The highest BCUT2D eigenvalue weighted by Gasteiger charge is 2.23. The fraction of sp³-hybridized carbons (Fsp3) is 0.300. The van der Waals surface area contributed by atoms with E-state index in [1.54, 1.807) is 26.5 Å². The van der Waals surface area contributed by atoms with Crippen LogP contribution in [-0.2, 0) is 4.79 Å². The van der Waals surface area contributed by atoms with E-state index < -0.39 is 0 Å². The number of hydrogen-bond donors (Lipinski definition) is 3. The fourth-order valence-corrected chi connectivity index (χ4v) is 5.88. The SMILES string of the molecule is COc1cc(OC)c(Cl)c(-c2cc3cnc(Nc4c(C)cccc4NC=O)cc3c(NCC3CCCN3C)n2)c1Cl. The van der Waals surface area contributed by atoms with Crippen molar-refractivity contribution in [3.63, 3.8) is 0 Å². The molecular weight excluding hydrogens is 563 g/mol. The number of aromatic nitrogens is 2. The Bertz CT molecular complexity index is 1570. The number of methoxy groups -OCH3 is 2. The first-order valence-corrected chi connectivity index (χ1v) is 14.0. The minimum Gasteiger partial charge on any atom is -0.495 e. The van der Waals surface area contributed by atoms with Crippen molar-refractivity contribution in [1.82, 2.24) is 14.9 Å². The topological polar surface area (TPSA) is 101 Å². The summed E-state index contributed by atoms with van der Waals surface area (Å²) in [6.07, 6.45) is 4.71. The lowest BCUT2D eigenvalue weighted by atomic mass is 10.1. The van der Waals surface area contributed by atoms with Crippen LogP contribution >= 0.6 is 23.2 Å². The zero-order valence-corrected chi connectivity index (χ0v) is 24.9. The number of hydrogen-bond acceptors (Lipinski definition) is 8. The van der Waals surface area contributed by atoms with Crippen molar-refractivity contribution in [2.24, 2.45) is 0 Å². The standard InChI is InChI=1S/C30H32Cl2N6O3/c1-17-7-5-9-21(35-16-39)29(17)37-25-12-20-18(14-33-25)11-22(36-30(20)34-15-19-8-6-10-38(19)2)26-27(31)23(40-3)13-24(41-4)28(26)32/h5,7,9,11-14,16,19H,6,8,10,15H2,1-4H3,(H,33,37)(H,34,36)(H,35,39). The molecule has 1 aliphatic heterocycles. The number of para-hydroxylation sites is 1. The summed E-state index contributed by atoms with van der Waals surface area (Å²) in [5.41, 5.74) is 3.46. The van der Waals surface area contributed by atoms with Crippen LogP contribution in [0.1, 0.15) is 18.4 Å². The molecule has 0 saturated carbocycles. The van der Waals surface area contributed by atoms with Gasteiger partial charge in [-0.25, -0.2) is 9.97 Å². The van der Waals surface area contributed by atoms with E-state index in [9.17, 15) is 4.79 Å². The van der Waals surface area contributed by atoms with Gasteiger partial charge in [0.25, 0.3) is 0 Å². The molecule has 1 saturated heterocycles. The smallest absolute Gasteiger partial charge is 0.211 e. The average Bonchev–Trinajstić information content (AvgIpc) is 3.38. The van der Waals surface area contributed by atoms with Gasteiger partial charge in [0.2, 0.25) is 6.41 Å². The van der Waals surface area contributed by atoms with Gasteiger partial charge in [-0.05, 0) is 57.1 Å². The van der Waals surface area contributed by atoms with Crippen molar-refractivity contribution in [3.8, 4) is 22.8 Å². The van der Waals surface area contributed by atoms with Crippen LogP contribution in [0.15, 0.2) is 42.6 Å². The summed E-state index contributed by atoms with van der Waals surface area (Å²) in [6.45, 7) is 3.76. The summed E-state index contributed by atoms with van der Waals surface area (Å²) in [6, 6.07) is 11.6. The molecule has 4 aromatic rings. The molecule has 2 aromatic carbocycles. The predicted molar refractivity (Wildman–Crippen MR) is 166 cm³/mol. The molecule has 1 amide bonds. The molecule has 1 unspecified atom stereocenters. The van der Waals surface area contributed by atoms with Gasteiger partial charge in [0.05, 0.1) is 41.3 Å². The lowest BCUT2D eigenvalue weighted by molar-refractivity contribution is -0.105. The normalized spacial score (nSPS) is 15.1. The molecule has 0 aliphatic carbocycles. The minimum atomic E-state index is 0.340. The third-order valence-corrected chi connectivity index (χ3v) is 8.21. The highest BCUT2D eigenvalue weighted by Crippen LogP contribution is 2.46. The number of likely N-dealkylation sites (N-methyl/N-ethyl adjacent to an activating group) is 1. The van der Waals surface area contributed by atoms with Crippen molar-refractivity contribution in [2.45, 2.75) is 25.8 Å². The number of likely N-dealkylation sites (tertiary alicyclic amines) is 1. The average molecular weight is 596 g/mol. The summed E-state index contributed by atoms with van der Waals surface area (Å²) < 4.78 is 11.0.